The van der Waals surface area contributed by atoms with Gasteiger partial charge < -0.3 is 10.1 Å². The Balaban J connectivity index is 2.43. The lowest BCUT2D eigenvalue weighted by atomic mass is 10.2. The first kappa shape index (κ1) is 14.9. The van der Waals surface area contributed by atoms with Crippen LogP contribution in [0, 0.1) is 0 Å². The SMILES string of the molecule is COC(=O)c1ncsc1S(=O)(=O)N1CCNC(=O)C1C. The van der Waals surface area contributed by atoms with E-state index in [0.29, 0.717) is 0 Å². The van der Waals surface area contributed by atoms with Gasteiger partial charge in [-0.15, -0.1) is 11.3 Å². The Morgan fingerprint density at radius 1 is 1.60 bits per heavy atom. The number of methoxy groups -OCH3 is 1. The van der Waals surface area contributed by atoms with Gasteiger partial charge in [-0.3, -0.25) is 4.79 Å². The van der Waals surface area contributed by atoms with Gasteiger partial charge in [0, 0.05) is 13.1 Å². The molecular formula is C10H13N3O5S2. The number of esters is 1. The maximum absolute atomic E-state index is 12.6. The molecule has 20 heavy (non-hydrogen) atoms. The molecule has 2 rings (SSSR count). The number of hydrogen-bond donors (Lipinski definition) is 1. The molecule has 0 spiro atoms. The molecule has 1 fully saturated rings. The quantitative estimate of drug-likeness (QED) is 0.749. The highest BCUT2D eigenvalue weighted by Crippen LogP contribution is 2.26. The molecule has 10 heteroatoms. The summed E-state index contributed by atoms with van der Waals surface area (Å²) < 4.78 is 30.5. The van der Waals surface area contributed by atoms with Crippen molar-refractivity contribution in [3.63, 3.8) is 0 Å². The largest absolute Gasteiger partial charge is 0.464 e. The number of carbonyl (C=O) groups is 2. The third kappa shape index (κ3) is 2.41. The molecule has 1 unspecified atom stereocenters. The fraction of sp³-hybridized carbons (Fsp3) is 0.500. The van der Waals surface area contributed by atoms with Crippen LogP contribution in [0.1, 0.15) is 17.4 Å². The number of piperazine rings is 1. The van der Waals surface area contributed by atoms with E-state index < -0.39 is 22.0 Å². The molecule has 0 saturated carbocycles. The average Bonchev–Trinajstić information content (AvgIpc) is 2.90. The van der Waals surface area contributed by atoms with Gasteiger partial charge in [-0.2, -0.15) is 4.31 Å². The van der Waals surface area contributed by atoms with Crippen LogP contribution in [0.15, 0.2) is 9.72 Å². The fourth-order valence-electron chi connectivity index (χ4n) is 1.85. The highest BCUT2D eigenvalue weighted by atomic mass is 32.2. The Morgan fingerprint density at radius 3 is 2.95 bits per heavy atom. The number of aromatic nitrogens is 1. The first-order valence-electron chi connectivity index (χ1n) is 5.71. The second kappa shape index (κ2) is 5.46. The van der Waals surface area contributed by atoms with Gasteiger partial charge in [0.1, 0.15) is 6.04 Å². The zero-order valence-electron chi connectivity index (χ0n) is 10.8. The van der Waals surface area contributed by atoms with Gasteiger partial charge in [-0.05, 0) is 6.92 Å². The van der Waals surface area contributed by atoms with E-state index in [1.54, 1.807) is 0 Å². The summed E-state index contributed by atoms with van der Waals surface area (Å²) in [4.78, 5) is 26.8. The summed E-state index contributed by atoms with van der Waals surface area (Å²) in [5.74, 6) is -1.19. The molecule has 1 atom stereocenters. The normalized spacial score (nSPS) is 20.5. The van der Waals surface area contributed by atoms with E-state index in [-0.39, 0.29) is 28.9 Å². The minimum Gasteiger partial charge on any atom is -0.464 e. The van der Waals surface area contributed by atoms with Crippen LogP contribution >= 0.6 is 11.3 Å². The van der Waals surface area contributed by atoms with E-state index in [4.69, 9.17) is 0 Å². The molecule has 1 N–H and O–H groups in total. The second-order valence-electron chi connectivity index (χ2n) is 4.06. The number of sulfonamides is 1. The number of nitrogens with one attached hydrogen (secondary N) is 1. The molecule has 1 aliphatic rings. The van der Waals surface area contributed by atoms with Gasteiger partial charge >= 0.3 is 5.97 Å². The van der Waals surface area contributed by atoms with Crippen molar-refractivity contribution in [1.82, 2.24) is 14.6 Å². The molecule has 1 aromatic heterocycles. The Labute approximate surface area is 119 Å². The molecule has 0 aromatic carbocycles. The van der Waals surface area contributed by atoms with Crippen LogP contribution in [0.2, 0.25) is 0 Å². The molecule has 110 valence electrons. The van der Waals surface area contributed by atoms with Crippen LogP contribution in [0.4, 0.5) is 0 Å². The number of thiazole rings is 1. The molecule has 2 heterocycles. The summed E-state index contributed by atoms with van der Waals surface area (Å²) in [6, 6.07) is -0.832. The summed E-state index contributed by atoms with van der Waals surface area (Å²) >= 11 is 0.824. The molecular weight excluding hydrogens is 306 g/mol. The van der Waals surface area contributed by atoms with Crippen LogP contribution in [0.25, 0.3) is 0 Å². The lowest BCUT2D eigenvalue weighted by Gasteiger charge is -2.31. The number of carbonyl (C=O) groups excluding carboxylic acids is 2. The number of rotatable bonds is 3. The maximum Gasteiger partial charge on any atom is 0.358 e. The van der Waals surface area contributed by atoms with Crippen molar-refractivity contribution >= 4 is 33.2 Å². The van der Waals surface area contributed by atoms with Crippen molar-refractivity contribution in [3.8, 4) is 0 Å². The minimum absolute atomic E-state index is 0.147. The van der Waals surface area contributed by atoms with Crippen molar-refractivity contribution in [2.75, 3.05) is 20.2 Å². The van der Waals surface area contributed by atoms with Gasteiger partial charge in [-0.1, -0.05) is 0 Å². The Kier molecular flexibility index (Phi) is 4.06. The highest BCUT2D eigenvalue weighted by molar-refractivity contribution is 7.91. The Morgan fingerprint density at radius 2 is 2.30 bits per heavy atom. The first-order valence-corrected chi connectivity index (χ1v) is 8.03. The Hall–Kier alpha value is -1.52. The van der Waals surface area contributed by atoms with Gasteiger partial charge in [-0.25, -0.2) is 18.2 Å². The molecule has 0 aliphatic carbocycles. The average molecular weight is 319 g/mol. The topological polar surface area (TPSA) is 106 Å². The van der Waals surface area contributed by atoms with Crippen LogP contribution in [0.5, 0.6) is 0 Å². The van der Waals surface area contributed by atoms with Crippen molar-refractivity contribution in [2.24, 2.45) is 0 Å². The molecule has 0 bridgehead atoms. The van der Waals surface area contributed by atoms with Crippen LogP contribution in [-0.2, 0) is 19.6 Å². The Bertz CT molecular complexity index is 639. The molecule has 1 aliphatic heterocycles. The monoisotopic (exact) mass is 319 g/mol. The van der Waals surface area contributed by atoms with E-state index in [1.165, 1.54) is 12.4 Å². The zero-order valence-corrected chi connectivity index (χ0v) is 12.5. The fourth-order valence-corrected chi connectivity index (χ4v) is 4.69. The van der Waals surface area contributed by atoms with E-state index in [2.05, 4.69) is 15.0 Å². The summed E-state index contributed by atoms with van der Waals surface area (Å²) in [5, 5.41) is 2.58. The summed E-state index contributed by atoms with van der Waals surface area (Å²) in [5.41, 5.74) is 1.00. The third-order valence-corrected chi connectivity index (χ3v) is 6.22. The molecule has 1 amide bonds. The summed E-state index contributed by atoms with van der Waals surface area (Å²) in [6.45, 7) is 1.87. The van der Waals surface area contributed by atoms with Crippen molar-refractivity contribution in [2.45, 2.75) is 17.2 Å². The van der Waals surface area contributed by atoms with Crippen molar-refractivity contribution in [1.29, 1.82) is 0 Å². The summed E-state index contributed by atoms with van der Waals surface area (Å²) in [7, 11) is -2.81. The standard InChI is InChI=1S/C10H13N3O5S2/c1-6-8(14)11-3-4-13(6)20(16,17)10-7(9(15)18-2)12-5-19-10/h5-6H,3-4H2,1-2H3,(H,11,14). The van der Waals surface area contributed by atoms with Gasteiger partial charge in [0.15, 0.2) is 9.90 Å². The van der Waals surface area contributed by atoms with Gasteiger partial charge in [0.05, 0.1) is 12.6 Å². The van der Waals surface area contributed by atoms with Crippen LogP contribution in [-0.4, -0.2) is 55.8 Å². The minimum atomic E-state index is -3.96. The second-order valence-corrected chi connectivity index (χ2v) is 7.00. The van der Waals surface area contributed by atoms with Crippen LogP contribution < -0.4 is 5.32 Å². The van der Waals surface area contributed by atoms with E-state index in [1.807, 2.05) is 0 Å². The molecule has 1 aromatic rings. The van der Waals surface area contributed by atoms with Gasteiger partial charge in [0.2, 0.25) is 5.91 Å². The maximum atomic E-state index is 12.6. The highest BCUT2D eigenvalue weighted by Gasteiger charge is 2.39. The molecule has 0 radical (unpaired) electrons. The number of nitrogens with zero attached hydrogens (tertiary/aromatic N) is 2. The van der Waals surface area contributed by atoms with E-state index >= 15 is 0 Å². The third-order valence-electron chi connectivity index (χ3n) is 2.90. The first-order chi connectivity index (χ1) is 9.39. The predicted molar refractivity (Wildman–Crippen MR) is 69.8 cm³/mol. The molecule has 1 saturated heterocycles. The van der Waals surface area contributed by atoms with Gasteiger partial charge in [0.25, 0.3) is 10.0 Å². The van der Waals surface area contributed by atoms with E-state index in [9.17, 15) is 18.0 Å². The number of ether oxygens (including phenoxy) is 1. The lowest BCUT2D eigenvalue weighted by molar-refractivity contribution is -0.126. The van der Waals surface area contributed by atoms with Crippen molar-refractivity contribution in [3.05, 3.63) is 11.2 Å². The summed E-state index contributed by atoms with van der Waals surface area (Å²) in [6.07, 6.45) is 0. The van der Waals surface area contributed by atoms with Crippen molar-refractivity contribution < 1.29 is 22.7 Å². The number of hydrogen-bond acceptors (Lipinski definition) is 7. The van der Waals surface area contributed by atoms with E-state index in [0.717, 1.165) is 22.8 Å². The zero-order chi connectivity index (χ0) is 14.9. The number of amides is 1. The molecule has 8 nitrogen and oxygen atoms in total. The predicted octanol–water partition coefficient (Wildman–Crippen LogP) is -0.561. The lowest BCUT2D eigenvalue weighted by Crippen LogP contribution is -2.55. The smallest absolute Gasteiger partial charge is 0.358 e. The van der Waals surface area contributed by atoms with Crippen LogP contribution in [0.3, 0.4) is 0 Å².